The van der Waals surface area contributed by atoms with Crippen LogP contribution in [0.5, 0.6) is 0 Å². The molecule has 2 aromatic heterocycles. The van der Waals surface area contributed by atoms with Gasteiger partial charge in [-0.05, 0) is 6.92 Å². The van der Waals surface area contributed by atoms with Gasteiger partial charge in [0.2, 0.25) is 0 Å². The van der Waals surface area contributed by atoms with E-state index < -0.39 is 22.4 Å². The summed E-state index contributed by atoms with van der Waals surface area (Å²) in [7, 11) is 0. The van der Waals surface area contributed by atoms with Crippen LogP contribution >= 0.6 is 0 Å². The third kappa shape index (κ3) is 2.71. The quantitative estimate of drug-likeness (QED) is 0.552. The topological polar surface area (TPSA) is 134 Å². The Kier molecular flexibility index (Phi) is 3.60. The highest BCUT2D eigenvalue weighted by Gasteiger charge is 2.18. The third-order valence-electron chi connectivity index (χ3n) is 2.62. The highest BCUT2D eigenvalue weighted by molar-refractivity contribution is 5.94. The van der Waals surface area contributed by atoms with Crippen LogP contribution in [-0.2, 0) is 0 Å². The summed E-state index contributed by atoms with van der Waals surface area (Å²) in [5.74, 6) is -0.195. The van der Waals surface area contributed by atoms with Crippen LogP contribution in [0.4, 0.5) is 5.69 Å². The molecule has 0 saturated carbocycles. The Morgan fingerprint density at radius 2 is 2.25 bits per heavy atom. The number of hydrogen-bond acceptors (Lipinski definition) is 5. The number of aromatic amines is 2. The lowest BCUT2D eigenvalue weighted by molar-refractivity contribution is -0.385. The van der Waals surface area contributed by atoms with Crippen molar-refractivity contribution in [2.75, 3.05) is 0 Å². The number of H-pyrrole nitrogens is 2. The van der Waals surface area contributed by atoms with Gasteiger partial charge in [0.05, 0.1) is 17.2 Å². The molecule has 0 radical (unpaired) electrons. The van der Waals surface area contributed by atoms with Crippen LogP contribution in [0.25, 0.3) is 0 Å². The molecule has 20 heavy (non-hydrogen) atoms. The SMILES string of the molecule is CC(NC(=O)c1cc([N+](=O)[O-])c[nH]c1=O)c1ncc[nH]1. The molecule has 0 aliphatic rings. The zero-order chi connectivity index (χ0) is 14.7. The number of carbonyl (C=O) groups excluding carboxylic acids is 1. The van der Waals surface area contributed by atoms with Gasteiger partial charge in [-0.3, -0.25) is 19.7 Å². The van der Waals surface area contributed by atoms with Gasteiger partial charge >= 0.3 is 0 Å². The minimum absolute atomic E-state index is 0.322. The van der Waals surface area contributed by atoms with Crippen molar-refractivity contribution >= 4 is 11.6 Å². The molecule has 9 heteroatoms. The van der Waals surface area contributed by atoms with Crippen LogP contribution in [0.15, 0.2) is 29.5 Å². The molecule has 104 valence electrons. The lowest BCUT2D eigenvalue weighted by Gasteiger charge is -2.10. The van der Waals surface area contributed by atoms with E-state index in [1.165, 1.54) is 6.20 Å². The van der Waals surface area contributed by atoms with Gasteiger partial charge in [0.15, 0.2) is 0 Å². The molecular formula is C11H11N5O4. The van der Waals surface area contributed by atoms with Gasteiger partial charge < -0.3 is 15.3 Å². The minimum Gasteiger partial charge on any atom is -0.347 e. The zero-order valence-electron chi connectivity index (χ0n) is 10.4. The molecule has 0 spiro atoms. The second kappa shape index (κ2) is 5.34. The predicted octanol–water partition coefficient (Wildman–Crippen LogP) is 0.497. The average molecular weight is 277 g/mol. The summed E-state index contributed by atoms with van der Waals surface area (Å²) in [4.78, 5) is 42.4. The molecule has 1 amide bonds. The first kappa shape index (κ1) is 13.5. The van der Waals surface area contributed by atoms with Crippen molar-refractivity contribution in [3.63, 3.8) is 0 Å². The van der Waals surface area contributed by atoms with Crippen molar-refractivity contribution in [3.05, 3.63) is 56.5 Å². The largest absolute Gasteiger partial charge is 0.347 e. The summed E-state index contributed by atoms with van der Waals surface area (Å²) in [5.41, 5.74) is -1.38. The normalized spacial score (nSPS) is 11.8. The summed E-state index contributed by atoms with van der Waals surface area (Å²) in [6.07, 6.45) is 4.06. The van der Waals surface area contributed by atoms with Crippen molar-refractivity contribution < 1.29 is 9.72 Å². The van der Waals surface area contributed by atoms with E-state index in [9.17, 15) is 19.7 Å². The van der Waals surface area contributed by atoms with E-state index in [0.29, 0.717) is 5.82 Å². The maximum Gasteiger partial charge on any atom is 0.286 e. The van der Waals surface area contributed by atoms with E-state index in [-0.39, 0.29) is 11.3 Å². The second-order valence-electron chi connectivity index (χ2n) is 4.03. The van der Waals surface area contributed by atoms with Crippen LogP contribution in [0.1, 0.15) is 29.1 Å². The van der Waals surface area contributed by atoms with Crippen molar-refractivity contribution in [2.24, 2.45) is 0 Å². The molecule has 9 nitrogen and oxygen atoms in total. The van der Waals surface area contributed by atoms with E-state index in [2.05, 4.69) is 20.3 Å². The lowest BCUT2D eigenvalue weighted by atomic mass is 10.2. The molecule has 0 aliphatic carbocycles. The third-order valence-corrected chi connectivity index (χ3v) is 2.62. The number of imidazole rings is 1. The number of nitrogens with one attached hydrogen (secondary N) is 3. The Balaban J connectivity index is 2.23. The van der Waals surface area contributed by atoms with E-state index in [1.54, 1.807) is 13.1 Å². The number of carbonyl (C=O) groups is 1. The molecular weight excluding hydrogens is 266 g/mol. The Hall–Kier alpha value is -2.97. The Morgan fingerprint density at radius 3 is 2.85 bits per heavy atom. The molecule has 3 N–H and O–H groups in total. The van der Waals surface area contributed by atoms with Crippen LogP contribution in [-0.4, -0.2) is 25.8 Å². The molecule has 2 heterocycles. The molecule has 0 saturated heterocycles. The zero-order valence-corrected chi connectivity index (χ0v) is 10.4. The molecule has 0 aromatic carbocycles. The number of nitro groups is 1. The van der Waals surface area contributed by atoms with Gasteiger partial charge in [0, 0.05) is 18.5 Å². The van der Waals surface area contributed by atoms with E-state index in [1.807, 2.05) is 0 Å². The summed E-state index contributed by atoms with van der Waals surface area (Å²) in [5, 5.41) is 13.2. The number of rotatable bonds is 4. The number of amides is 1. The average Bonchev–Trinajstić information content (AvgIpc) is 2.92. The molecule has 0 aliphatic heterocycles. The number of nitrogens with zero attached hydrogens (tertiary/aromatic N) is 2. The summed E-state index contributed by atoms with van der Waals surface area (Å²) >= 11 is 0. The van der Waals surface area contributed by atoms with Gasteiger partial charge in [-0.15, -0.1) is 0 Å². The fourth-order valence-corrected chi connectivity index (χ4v) is 1.60. The monoisotopic (exact) mass is 277 g/mol. The summed E-state index contributed by atoms with van der Waals surface area (Å²) in [6.45, 7) is 1.67. The maximum atomic E-state index is 12.0. The van der Waals surface area contributed by atoms with Gasteiger partial charge in [0.25, 0.3) is 17.2 Å². The summed E-state index contributed by atoms with van der Waals surface area (Å²) < 4.78 is 0. The molecule has 1 unspecified atom stereocenters. The van der Waals surface area contributed by atoms with Crippen molar-refractivity contribution in [1.82, 2.24) is 20.3 Å². The predicted molar refractivity (Wildman–Crippen MR) is 68.2 cm³/mol. The highest BCUT2D eigenvalue weighted by atomic mass is 16.6. The highest BCUT2D eigenvalue weighted by Crippen LogP contribution is 2.10. The van der Waals surface area contributed by atoms with Gasteiger partial charge in [-0.1, -0.05) is 0 Å². The number of pyridine rings is 1. The van der Waals surface area contributed by atoms with Crippen molar-refractivity contribution in [2.45, 2.75) is 13.0 Å². The lowest BCUT2D eigenvalue weighted by Crippen LogP contribution is -2.32. The molecule has 2 rings (SSSR count). The fourth-order valence-electron chi connectivity index (χ4n) is 1.60. The first-order valence-corrected chi connectivity index (χ1v) is 5.66. The molecule has 0 bridgehead atoms. The smallest absolute Gasteiger partial charge is 0.286 e. The van der Waals surface area contributed by atoms with Crippen LogP contribution < -0.4 is 10.9 Å². The number of aromatic nitrogens is 3. The fraction of sp³-hybridized carbons (Fsp3) is 0.182. The number of hydrogen-bond donors (Lipinski definition) is 3. The standard InChI is InChI=1S/C11H11N5O4/c1-6(9-12-2-3-13-9)15-11(18)8-4-7(16(19)20)5-14-10(8)17/h2-6H,1H3,(H,12,13)(H,14,17)(H,15,18). The molecule has 2 aromatic rings. The first-order valence-electron chi connectivity index (χ1n) is 5.66. The minimum atomic E-state index is -0.709. The molecule has 1 atom stereocenters. The maximum absolute atomic E-state index is 12.0. The van der Waals surface area contributed by atoms with Crippen molar-refractivity contribution in [1.29, 1.82) is 0 Å². The molecule has 0 fully saturated rings. The Labute approximate surface area is 112 Å². The van der Waals surface area contributed by atoms with E-state index in [4.69, 9.17) is 0 Å². The second-order valence-corrected chi connectivity index (χ2v) is 4.03. The summed E-state index contributed by atoms with van der Waals surface area (Å²) in [6, 6.07) is 0.472. The van der Waals surface area contributed by atoms with Gasteiger partial charge in [0.1, 0.15) is 11.4 Å². The van der Waals surface area contributed by atoms with Crippen LogP contribution in [0.3, 0.4) is 0 Å². The Bertz CT molecular complexity index is 691. The van der Waals surface area contributed by atoms with E-state index in [0.717, 1.165) is 12.3 Å². The van der Waals surface area contributed by atoms with Crippen LogP contribution in [0.2, 0.25) is 0 Å². The van der Waals surface area contributed by atoms with Crippen molar-refractivity contribution in [3.8, 4) is 0 Å². The van der Waals surface area contributed by atoms with E-state index >= 15 is 0 Å². The van der Waals surface area contributed by atoms with Crippen LogP contribution in [0, 0.1) is 10.1 Å². The van der Waals surface area contributed by atoms with Gasteiger partial charge in [-0.2, -0.15) is 0 Å². The van der Waals surface area contributed by atoms with Gasteiger partial charge in [-0.25, -0.2) is 4.98 Å². The first-order chi connectivity index (χ1) is 9.49. The Morgan fingerprint density at radius 1 is 1.50 bits per heavy atom.